The number of fused-ring (bicyclic) bond motifs is 1. The lowest BCUT2D eigenvalue weighted by Gasteiger charge is -2.20. The molecule has 0 amide bonds. The normalized spacial score (nSPS) is 13.9. The predicted octanol–water partition coefficient (Wildman–Crippen LogP) is 1.36. The molecule has 2 aromatic rings. The zero-order valence-corrected chi connectivity index (χ0v) is 9.55. The molecule has 0 bridgehead atoms. The number of rotatable bonds is 2. The molecule has 0 saturated heterocycles. The van der Waals surface area contributed by atoms with Crippen LogP contribution in [-0.2, 0) is 13.5 Å². The van der Waals surface area contributed by atoms with Crippen molar-refractivity contribution in [2.45, 2.75) is 12.8 Å². The Labute approximate surface area is 98.6 Å². The number of hydrogen-bond donors (Lipinski definition) is 1. The Morgan fingerprint density at radius 1 is 1.41 bits per heavy atom. The van der Waals surface area contributed by atoms with Gasteiger partial charge in [0.2, 0.25) is 0 Å². The second-order valence-corrected chi connectivity index (χ2v) is 4.01. The maximum atomic E-state index is 5.71. The van der Waals surface area contributed by atoms with Crippen LogP contribution in [0, 0.1) is 0 Å². The van der Waals surface area contributed by atoms with Gasteiger partial charge in [0.15, 0.2) is 5.75 Å². The first-order valence-corrected chi connectivity index (χ1v) is 5.60. The minimum absolute atomic E-state index is 0.394. The van der Waals surface area contributed by atoms with Gasteiger partial charge in [0.25, 0.3) is 0 Å². The highest BCUT2D eigenvalue weighted by molar-refractivity contribution is 5.63. The van der Waals surface area contributed by atoms with Gasteiger partial charge in [0.1, 0.15) is 0 Å². The van der Waals surface area contributed by atoms with Crippen molar-refractivity contribution in [3.8, 4) is 11.8 Å². The molecule has 0 saturated carbocycles. The van der Waals surface area contributed by atoms with Crippen LogP contribution in [0.25, 0.3) is 0 Å². The molecule has 3 rings (SSSR count). The molecule has 0 aliphatic carbocycles. The number of anilines is 1. The van der Waals surface area contributed by atoms with Gasteiger partial charge in [-0.05, 0) is 34.9 Å². The van der Waals surface area contributed by atoms with Crippen LogP contribution in [0.1, 0.15) is 12.0 Å². The van der Waals surface area contributed by atoms with Crippen LogP contribution < -0.4 is 10.1 Å². The smallest absolute Gasteiger partial charge is 0.340 e. The standard InChI is InChI=1S/C11H13N5O/c1-16-11(13-14-15-16)17-9-6-2-4-8-5-3-7-12-10(8)9/h2,4,6,12H,3,5,7H2,1H3. The molecule has 6 nitrogen and oxygen atoms in total. The second kappa shape index (κ2) is 4.04. The van der Waals surface area contributed by atoms with E-state index in [-0.39, 0.29) is 0 Å². The monoisotopic (exact) mass is 231 g/mol. The third-order valence-corrected chi connectivity index (χ3v) is 2.82. The SMILES string of the molecule is Cn1nnnc1Oc1cccc2c1NCCC2. The molecule has 0 spiro atoms. The molecule has 0 radical (unpaired) electrons. The van der Waals surface area contributed by atoms with Crippen molar-refractivity contribution >= 4 is 5.69 Å². The average Bonchev–Trinajstić information content (AvgIpc) is 2.76. The maximum absolute atomic E-state index is 5.71. The van der Waals surface area contributed by atoms with Crippen molar-refractivity contribution in [3.05, 3.63) is 23.8 Å². The Balaban J connectivity index is 1.95. The molecule has 1 aliphatic rings. The van der Waals surface area contributed by atoms with E-state index in [1.54, 1.807) is 7.05 Å². The first-order chi connectivity index (χ1) is 8.34. The fourth-order valence-electron chi connectivity index (χ4n) is 1.97. The third kappa shape index (κ3) is 1.82. The fraction of sp³-hybridized carbons (Fsp3) is 0.364. The van der Waals surface area contributed by atoms with E-state index in [2.05, 4.69) is 26.9 Å². The first-order valence-electron chi connectivity index (χ1n) is 5.60. The maximum Gasteiger partial charge on any atom is 0.340 e. The van der Waals surface area contributed by atoms with E-state index in [9.17, 15) is 0 Å². The van der Waals surface area contributed by atoms with Crippen LogP contribution in [0.4, 0.5) is 5.69 Å². The van der Waals surface area contributed by atoms with Gasteiger partial charge in [-0.1, -0.05) is 17.2 Å². The Hall–Kier alpha value is -2.11. The molecular formula is C11H13N5O. The van der Waals surface area contributed by atoms with Crippen molar-refractivity contribution in [1.29, 1.82) is 0 Å². The number of hydrogen-bond acceptors (Lipinski definition) is 5. The van der Waals surface area contributed by atoms with E-state index in [1.165, 1.54) is 10.2 Å². The number of tetrazole rings is 1. The van der Waals surface area contributed by atoms with Crippen LogP contribution in [0.5, 0.6) is 11.8 Å². The molecule has 1 aromatic carbocycles. The number of benzene rings is 1. The van der Waals surface area contributed by atoms with Gasteiger partial charge in [-0.2, -0.15) is 4.68 Å². The summed E-state index contributed by atoms with van der Waals surface area (Å²) in [5, 5.41) is 14.5. The topological polar surface area (TPSA) is 64.9 Å². The summed E-state index contributed by atoms with van der Waals surface area (Å²) < 4.78 is 7.21. The van der Waals surface area contributed by atoms with E-state index in [1.807, 2.05) is 12.1 Å². The zero-order chi connectivity index (χ0) is 11.7. The van der Waals surface area contributed by atoms with Crippen LogP contribution in [0.3, 0.4) is 0 Å². The summed E-state index contributed by atoms with van der Waals surface area (Å²) >= 11 is 0. The predicted molar refractivity (Wildman–Crippen MR) is 62.1 cm³/mol. The summed E-state index contributed by atoms with van der Waals surface area (Å²) in [6, 6.07) is 6.42. The molecule has 1 aliphatic heterocycles. The van der Waals surface area contributed by atoms with E-state index in [0.717, 1.165) is 30.8 Å². The average molecular weight is 231 g/mol. The highest BCUT2D eigenvalue weighted by Gasteiger charge is 2.15. The zero-order valence-electron chi connectivity index (χ0n) is 9.55. The molecule has 1 aromatic heterocycles. The molecule has 1 N–H and O–H groups in total. The highest BCUT2D eigenvalue weighted by atomic mass is 16.5. The number of aryl methyl sites for hydroxylation is 2. The van der Waals surface area contributed by atoms with E-state index < -0.39 is 0 Å². The number of nitrogens with zero attached hydrogens (tertiary/aromatic N) is 4. The molecular weight excluding hydrogens is 218 g/mol. The van der Waals surface area contributed by atoms with Crippen molar-refractivity contribution in [3.63, 3.8) is 0 Å². The van der Waals surface area contributed by atoms with Crippen molar-refractivity contribution in [2.75, 3.05) is 11.9 Å². The molecule has 0 fully saturated rings. The largest absolute Gasteiger partial charge is 0.421 e. The Morgan fingerprint density at radius 3 is 3.18 bits per heavy atom. The first kappa shape index (κ1) is 10.1. The van der Waals surface area contributed by atoms with E-state index in [4.69, 9.17) is 4.74 Å². The molecule has 6 heteroatoms. The summed E-state index contributed by atoms with van der Waals surface area (Å²) in [5.41, 5.74) is 2.34. The Bertz CT molecular complexity index is 536. The summed E-state index contributed by atoms with van der Waals surface area (Å²) in [5.74, 6) is 0.778. The van der Waals surface area contributed by atoms with Crippen molar-refractivity contribution in [1.82, 2.24) is 20.2 Å². The Morgan fingerprint density at radius 2 is 2.35 bits per heavy atom. The molecule has 0 atom stereocenters. The molecule has 0 unspecified atom stereocenters. The lowest BCUT2D eigenvalue weighted by Crippen LogP contribution is -2.12. The summed E-state index contributed by atoms with van der Waals surface area (Å²) in [6.07, 6.45) is 2.23. The van der Waals surface area contributed by atoms with E-state index in [0.29, 0.717) is 6.01 Å². The number of para-hydroxylation sites is 1. The quantitative estimate of drug-likeness (QED) is 0.845. The molecule has 88 valence electrons. The lowest BCUT2D eigenvalue weighted by atomic mass is 10.0. The molecule has 2 heterocycles. The number of aromatic nitrogens is 4. The number of ether oxygens (including phenoxy) is 1. The summed E-state index contributed by atoms with van der Waals surface area (Å²) in [4.78, 5) is 0. The highest BCUT2D eigenvalue weighted by Crippen LogP contribution is 2.34. The van der Waals surface area contributed by atoms with Gasteiger partial charge >= 0.3 is 6.01 Å². The van der Waals surface area contributed by atoms with Gasteiger partial charge in [-0.3, -0.25) is 0 Å². The molecule has 17 heavy (non-hydrogen) atoms. The van der Waals surface area contributed by atoms with Gasteiger partial charge in [0, 0.05) is 13.6 Å². The number of nitrogens with one attached hydrogen (secondary N) is 1. The lowest BCUT2D eigenvalue weighted by molar-refractivity contribution is 0.415. The van der Waals surface area contributed by atoms with Gasteiger partial charge in [-0.15, -0.1) is 0 Å². The Kier molecular flexibility index (Phi) is 2.40. The van der Waals surface area contributed by atoms with Crippen molar-refractivity contribution in [2.24, 2.45) is 7.05 Å². The minimum atomic E-state index is 0.394. The fourth-order valence-corrected chi connectivity index (χ4v) is 1.97. The van der Waals surface area contributed by atoms with Crippen LogP contribution in [-0.4, -0.2) is 26.8 Å². The third-order valence-electron chi connectivity index (χ3n) is 2.82. The summed E-state index contributed by atoms with van der Waals surface area (Å²) in [6.45, 7) is 0.977. The minimum Gasteiger partial charge on any atom is -0.421 e. The van der Waals surface area contributed by atoms with Crippen LogP contribution in [0.2, 0.25) is 0 Å². The van der Waals surface area contributed by atoms with Gasteiger partial charge in [0.05, 0.1) is 5.69 Å². The second-order valence-electron chi connectivity index (χ2n) is 4.01. The van der Waals surface area contributed by atoms with Crippen LogP contribution >= 0.6 is 0 Å². The van der Waals surface area contributed by atoms with Crippen LogP contribution in [0.15, 0.2) is 18.2 Å². The van der Waals surface area contributed by atoms with Gasteiger partial charge in [-0.25, -0.2) is 0 Å². The van der Waals surface area contributed by atoms with Crippen molar-refractivity contribution < 1.29 is 4.74 Å². The van der Waals surface area contributed by atoms with E-state index >= 15 is 0 Å². The summed E-state index contributed by atoms with van der Waals surface area (Å²) in [7, 11) is 1.75. The van der Waals surface area contributed by atoms with Gasteiger partial charge < -0.3 is 10.1 Å².